The van der Waals surface area contributed by atoms with E-state index >= 15 is 0 Å². The standard InChI is InChI=1S/C70H92N17O41P7S7/c1-28-15-81(65(95)75-57(28)88)48-8-35(34(7)115-48)123-130(103,137)109-22-43-37(10-50(117-43)83-17-30(3)59(90)77-67(83)97)124-132(105,139)111-23-44-38(11-51(118-44)84-18-31(4)60(91)78-68(84)98)125-133(106,140)112-24-45-39(12-52(119-45)85-19-32(5)61(92)79-69(85)99)126-134(107,141)113-25-46-40(13-53(120-46)86-20-33(6)62(93)80-70(86)100)127-135(108,142)114-26-47-41(14-54(121-47)87-27-72-55-56(87)73-64(71)74-63(55)94)128-131(104,138)110-21-42-36(122-129(101,102)136)9-49(116-42)82-16-29(2)58(89)76-66(82)96/h15-20,27,34-54H,8-14,21-26H2,1-7H3,(H,103,137)(H,104,138)(H,105,139)(H,106,140)(H,107,141)(H,108,142)(H,75,88,95)(H,76,89,96)(H,77,90,97)(H,78,91,98)(H,79,92,99)(H,80,93,100)(H2,101,102,136)(H3,71,73,74,94)/t34-,35-,36-,37-,38-,39-,40-,41-,42-,43-,44-,45-,46-,47-,48-,49-,50-,51-,52-,53-,54-,130?,131?,132?,133?,134?,135?/m1/s1. The number of ether oxygens (including phenoxy) is 7. The Morgan fingerprint density at radius 1 is 0.345 bits per heavy atom. The van der Waals surface area contributed by atoms with Gasteiger partial charge in [0.15, 0.2) is 11.2 Å². The molecule has 58 nitrogen and oxygen atoms in total. The van der Waals surface area contributed by atoms with Crippen LogP contribution in [0.25, 0.3) is 11.2 Å². The van der Waals surface area contributed by atoms with Gasteiger partial charge in [0.25, 0.3) is 38.9 Å². The fourth-order valence-corrected chi connectivity index (χ4v) is 26.1. The Bertz CT molecular complexity index is 7410. The van der Waals surface area contributed by atoms with Gasteiger partial charge >= 0.3 is 81.2 Å². The van der Waals surface area contributed by atoms with Crippen LogP contribution in [0.5, 0.6) is 0 Å². The van der Waals surface area contributed by atoms with Crippen LogP contribution in [-0.2, 0) is 167 Å². The molecule has 15 heterocycles. The number of thiol groups is 1. The molecule has 142 heavy (non-hydrogen) atoms. The van der Waals surface area contributed by atoms with Crippen molar-refractivity contribution < 1.29 is 131 Å². The number of aromatic amines is 7. The molecule has 8 aromatic heterocycles. The minimum Gasteiger partial charge on any atom is -0.369 e. The minimum atomic E-state index is -4.84. The van der Waals surface area contributed by atoms with Gasteiger partial charge in [-0.05, 0) is 119 Å². The molecule has 7 saturated heterocycles. The van der Waals surface area contributed by atoms with E-state index in [2.05, 4.69) is 57.1 Å². The Hall–Kier alpha value is -6.37. The monoisotopic (exact) mass is 2270 g/mol. The lowest BCUT2D eigenvalue weighted by Crippen LogP contribution is -2.33. The number of anilines is 1. The molecule has 8 aromatic rings. The van der Waals surface area contributed by atoms with Crippen LogP contribution in [0.3, 0.4) is 0 Å². The summed E-state index contributed by atoms with van der Waals surface area (Å²) in [7, 11) is 0. The smallest absolute Gasteiger partial charge is 0.369 e. The van der Waals surface area contributed by atoms with Crippen molar-refractivity contribution in [2.24, 2.45) is 0 Å². The molecule has 72 heteroatoms. The quantitative estimate of drug-likeness (QED) is 0.0162. The summed E-state index contributed by atoms with van der Waals surface area (Å²) in [6, 6.07) is 0. The van der Waals surface area contributed by atoms with Crippen LogP contribution < -0.4 is 78.8 Å². The van der Waals surface area contributed by atoms with E-state index in [0.29, 0.717) is 0 Å². The lowest BCUT2D eigenvalue weighted by atomic mass is 10.2. The summed E-state index contributed by atoms with van der Waals surface area (Å²) in [5, 5.41) is 0. The Morgan fingerprint density at radius 3 is 0.838 bits per heavy atom. The number of nitrogens with zero attached hydrogens (tertiary/aromatic N) is 9. The van der Waals surface area contributed by atoms with E-state index < -0.39 is 308 Å². The second-order valence-electron chi connectivity index (χ2n) is 33.5. The first-order valence-electron chi connectivity index (χ1n) is 42.3. The summed E-state index contributed by atoms with van der Waals surface area (Å²) in [6.45, 7) is -27.7. The zero-order valence-corrected chi connectivity index (χ0v) is 86.6. The van der Waals surface area contributed by atoms with Gasteiger partial charge in [-0.1, -0.05) is 12.2 Å². The number of aromatic nitrogens is 16. The third-order valence-corrected chi connectivity index (χ3v) is 33.6. The Morgan fingerprint density at radius 2 is 0.570 bits per heavy atom. The number of aryl methyl sites for hydroxylation is 6. The Balaban J connectivity index is 0.635. The number of H-pyrrole nitrogens is 7. The summed E-state index contributed by atoms with van der Waals surface area (Å²) >= 11 is 36.8. The summed E-state index contributed by atoms with van der Waals surface area (Å²) < 4.78 is 142. The molecule has 0 amide bonds. The molecule has 7 fully saturated rings. The first kappa shape index (κ1) is 110. The molecular formula is C70H92N17O41P7S7. The maximum Gasteiger partial charge on any atom is 0.386 e. The summed E-state index contributed by atoms with van der Waals surface area (Å²) in [5.74, 6) is -0.334. The first-order chi connectivity index (χ1) is 66.4. The van der Waals surface area contributed by atoms with Crippen molar-refractivity contribution in [2.75, 3.05) is 45.4 Å². The SMILES string of the molecule is Cc1cn([C@H]2C[C@@H](OP(O)(=S)OC[C@H]3O[C@@H](n4cc(C)c(=O)[nH]c4=O)C[C@H]3OP(=O)(S)OC[C@H]3O[C@@H](n4cc(C)c(=O)[nH]c4=O)C[C@H]3OP(O)(=S)OC[C@H]3O[C@@H](n4cc(C)c(=O)[nH]c4=O)C[C@H]3OP(O)(=S)OC[C@H]3O[C@@H](n4cc(C)c(=O)[nH]c4=O)C[C@H]3OP(O)(=S)OC[C@H]3O[C@@H](n4cnc5c(=O)[nH]c(N)nc54)C[C@H]3OP(O)(=S)OC[C@H]3O[C@@H](n4cc(C)c(=O)[nH]c4=O)C[C@H]3OP(O)(O)=S)[C@@H](C)O2)c(=O)[nH]c1=O. The highest BCUT2D eigenvalue weighted by Crippen LogP contribution is 2.60. The largest absolute Gasteiger partial charge is 0.386 e. The predicted octanol–water partition coefficient (Wildman–Crippen LogP) is -0.987. The molecule has 0 spiro atoms. The zero-order valence-electron chi connectivity index (χ0n) is 74.5. The zero-order chi connectivity index (χ0) is 103. The van der Waals surface area contributed by atoms with Gasteiger partial charge in [0.05, 0.1) is 88.7 Å². The highest BCUT2D eigenvalue weighted by molar-refractivity contribution is 8.44. The number of hydrogen-bond donors (Lipinski definition) is 16. The normalized spacial score (nSPS) is 29.5. The number of fused-ring (bicyclic) bond motifs is 1. The van der Waals surface area contributed by atoms with Crippen molar-refractivity contribution in [2.45, 2.75) is 222 Å². The molecule has 780 valence electrons. The van der Waals surface area contributed by atoms with E-state index in [1.54, 1.807) is 6.92 Å². The lowest BCUT2D eigenvalue weighted by Gasteiger charge is -2.28. The number of rotatable bonds is 39. The van der Waals surface area contributed by atoms with Crippen molar-refractivity contribution >= 4 is 147 Å². The highest BCUT2D eigenvalue weighted by atomic mass is 32.7. The number of hydrogen-bond acceptors (Lipinski definition) is 43. The number of nitrogens with one attached hydrogen (secondary N) is 7. The molecule has 6 unspecified atom stereocenters. The fraction of sp³-hybridized carbons (Fsp3) is 0.586. The van der Waals surface area contributed by atoms with Gasteiger partial charge in [0, 0.05) is 116 Å². The maximum absolute atomic E-state index is 14.7. The Kier molecular flexibility index (Phi) is 33.8. The van der Waals surface area contributed by atoms with Gasteiger partial charge in [0.2, 0.25) is 5.95 Å². The number of nitrogens with two attached hydrogens (primary N) is 1. The van der Waals surface area contributed by atoms with E-state index in [-0.39, 0.29) is 76.2 Å². The number of nitrogen functional groups attached to an aromatic ring is 1. The topological polar surface area (TPSA) is 762 Å². The summed E-state index contributed by atoms with van der Waals surface area (Å²) in [6.07, 6.45) is -23.2. The van der Waals surface area contributed by atoms with Crippen LogP contribution >= 0.6 is 59.4 Å². The molecule has 16 N–H and O–H groups in total. The van der Waals surface area contributed by atoms with Gasteiger partial charge in [-0.2, -0.15) is 4.98 Å². The molecule has 0 radical (unpaired) electrons. The Labute approximate surface area is 829 Å². The molecule has 0 saturated carbocycles. The van der Waals surface area contributed by atoms with Gasteiger partial charge in [-0.3, -0.25) is 109 Å². The van der Waals surface area contributed by atoms with Crippen LogP contribution in [0.2, 0.25) is 0 Å². The van der Waals surface area contributed by atoms with E-state index in [9.17, 15) is 101 Å². The van der Waals surface area contributed by atoms with Crippen LogP contribution in [0.1, 0.15) is 129 Å². The van der Waals surface area contributed by atoms with E-state index in [1.165, 1.54) is 71.0 Å². The molecule has 27 atom stereocenters. The highest BCUT2D eigenvalue weighted by Gasteiger charge is 2.52. The predicted molar refractivity (Wildman–Crippen MR) is 512 cm³/mol. The second kappa shape index (κ2) is 43.7. The molecule has 7 aliphatic rings. The maximum atomic E-state index is 14.7. The summed E-state index contributed by atoms with van der Waals surface area (Å²) in [5.41, 5.74) is -4.84. The van der Waals surface area contributed by atoms with E-state index in [4.69, 9.17) is 169 Å². The average Bonchev–Trinajstić information content (AvgIpc) is 1.62. The molecule has 0 aromatic carbocycles. The van der Waals surface area contributed by atoms with Gasteiger partial charge < -0.3 is 123 Å². The fourth-order valence-electron chi connectivity index (χ4n) is 16.2. The van der Waals surface area contributed by atoms with Gasteiger partial charge in [-0.15, -0.1) is 0 Å². The van der Waals surface area contributed by atoms with Crippen molar-refractivity contribution in [3.63, 3.8) is 0 Å². The van der Waals surface area contributed by atoms with Crippen LogP contribution in [0.4, 0.5) is 5.95 Å². The van der Waals surface area contributed by atoms with E-state index in [1.807, 2.05) is 0 Å². The van der Waals surface area contributed by atoms with E-state index in [0.717, 1.165) is 46.0 Å². The van der Waals surface area contributed by atoms with Crippen molar-refractivity contribution in [3.05, 3.63) is 212 Å². The molecule has 0 aliphatic carbocycles. The molecule has 15 rings (SSSR count). The molecule has 0 bridgehead atoms. The second-order valence-corrected chi connectivity index (χ2v) is 52.9. The van der Waals surface area contributed by atoms with Crippen LogP contribution in [0, 0.1) is 41.5 Å². The minimum absolute atomic E-state index is 0.000955. The average molecular weight is 2270 g/mol. The lowest BCUT2D eigenvalue weighted by molar-refractivity contribution is -0.0574. The first-order valence-corrected chi connectivity index (χ1v) is 60.6. The third-order valence-electron chi connectivity index (χ3n) is 23.2. The molecule has 7 aliphatic heterocycles. The van der Waals surface area contributed by atoms with Gasteiger partial charge in [0.1, 0.15) is 86.3 Å². The van der Waals surface area contributed by atoms with Crippen molar-refractivity contribution in [3.8, 4) is 0 Å². The van der Waals surface area contributed by atoms with Gasteiger partial charge in [-0.25, -0.2) is 38.3 Å². The van der Waals surface area contributed by atoms with Crippen LogP contribution in [0.15, 0.2) is 106 Å². The van der Waals surface area contributed by atoms with Crippen LogP contribution in [-0.4, -0.2) is 236 Å². The van der Waals surface area contributed by atoms with Crippen molar-refractivity contribution in [1.82, 2.24) is 76.8 Å². The summed E-state index contributed by atoms with van der Waals surface area (Å²) in [4.78, 5) is 272. The van der Waals surface area contributed by atoms with Crippen molar-refractivity contribution in [1.29, 1.82) is 0 Å². The number of imidazole rings is 1. The third kappa shape index (κ3) is 26.5. The molecular weight excluding hydrogens is 2180 g/mol.